The van der Waals surface area contributed by atoms with Crippen molar-refractivity contribution in [2.24, 2.45) is 0 Å². The van der Waals surface area contributed by atoms with E-state index in [1.165, 1.54) is 22.3 Å². The summed E-state index contributed by atoms with van der Waals surface area (Å²) < 4.78 is 0. The minimum absolute atomic E-state index is 0.230. The summed E-state index contributed by atoms with van der Waals surface area (Å²) in [7, 11) is 0. The van der Waals surface area contributed by atoms with Gasteiger partial charge in [-0.05, 0) is 48.4 Å². The first-order chi connectivity index (χ1) is 12.2. The number of hydrogen-bond acceptors (Lipinski definition) is 1. The highest BCUT2D eigenvalue weighted by Crippen LogP contribution is 2.32. The number of aryl methyl sites for hydroxylation is 2. The van der Waals surface area contributed by atoms with Gasteiger partial charge in [0.25, 0.3) is 0 Å². The van der Waals surface area contributed by atoms with Crippen LogP contribution in [0.5, 0.6) is 0 Å². The van der Waals surface area contributed by atoms with Crippen LogP contribution in [0.3, 0.4) is 0 Å². The van der Waals surface area contributed by atoms with E-state index in [9.17, 15) is 5.11 Å². The maximum Gasteiger partial charge on any atom is 0.0552 e. The highest BCUT2D eigenvalue weighted by atomic mass is 16.3. The van der Waals surface area contributed by atoms with Gasteiger partial charge in [0.05, 0.1) is 6.10 Å². The van der Waals surface area contributed by atoms with Gasteiger partial charge in [-0.1, -0.05) is 84.9 Å². The van der Waals surface area contributed by atoms with E-state index in [2.05, 4.69) is 79.7 Å². The summed E-state index contributed by atoms with van der Waals surface area (Å²) in [5.74, 6) is 0.230. The molecular weight excluding hydrogens is 304 g/mol. The normalized spacial score (nSPS) is 13.4. The largest absolute Gasteiger partial charge is 0.393 e. The molecule has 0 saturated heterocycles. The molecule has 1 nitrogen and oxygen atoms in total. The molecule has 0 saturated carbocycles. The minimum atomic E-state index is -0.315. The molecule has 0 heterocycles. The molecule has 2 atom stereocenters. The lowest BCUT2D eigenvalue weighted by Crippen LogP contribution is -2.15. The molecule has 0 bridgehead atoms. The van der Waals surface area contributed by atoms with Crippen LogP contribution < -0.4 is 0 Å². The maximum absolute atomic E-state index is 10.7. The summed E-state index contributed by atoms with van der Waals surface area (Å²) in [6, 6.07) is 29.5. The Hall–Kier alpha value is -2.38. The molecule has 0 fully saturated rings. The first-order valence-corrected chi connectivity index (χ1v) is 9.06. The second-order valence-electron chi connectivity index (χ2n) is 6.73. The summed E-state index contributed by atoms with van der Waals surface area (Å²) in [5.41, 5.74) is 5.16. The van der Waals surface area contributed by atoms with Crippen molar-refractivity contribution in [1.82, 2.24) is 0 Å². The van der Waals surface area contributed by atoms with E-state index in [4.69, 9.17) is 0 Å². The van der Waals surface area contributed by atoms with E-state index in [1.807, 2.05) is 12.1 Å². The molecule has 0 radical (unpaired) electrons. The molecule has 1 heteroatoms. The van der Waals surface area contributed by atoms with Gasteiger partial charge in [0.2, 0.25) is 0 Å². The second-order valence-corrected chi connectivity index (χ2v) is 6.73. The summed E-state index contributed by atoms with van der Waals surface area (Å²) in [6.07, 6.45) is 2.14. The third-order valence-electron chi connectivity index (χ3n) is 4.88. The van der Waals surface area contributed by atoms with Crippen molar-refractivity contribution in [3.63, 3.8) is 0 Å². The van der Waals surface area contributed by atoms with Gasteiger partial charge in [0.1, 0.15) is 0 Å². The summed E-state index contributed by atoms with van der Waals surface area (Å²) in [5, 5.41) is 10.7. The average Bonchev–Trinajstić information content (AvgIpc) is 2.67. The minimum Gasteiger partial charge on any atom is -0.393 e. The first kappa shape index (κ1) is 17.4. The number of aliphatic hydroxyl groups is 1. The van der Waals surface area contributed by atoms with Crippen LogP contribution in [0, 0.1) is 6.92 Å². The Bertz CT molecular complexity index is 764. The van der Waals surface area contributed by atoms with E-state index < -0.39 is 0 Å². The van der Waals surface area contributed by atoms with Crippen molar-refractivity contribution in [3.05, 3.63) is 107 Å². The molecule has 1 N–H and O–H groups in total. The quantitative estimate of drug-likeness (QED) is 0.605. The SMILES string of the molecule is Cc1ccccc1[C@H](C[C@@H](O)CCc1ccccc1)c1ccccc1. The molecule has 0 unspecified atom stereocenters. The van der Waals surface area contributed by atoms with E-state index in [1.54, 1.807) is 0 Å². The van der Waals surface area contributed by atoms with Gasteiger partial charge in [-0.3, -0.25) is 0 Å². The topological polar surface area (TPSA) is 20.2 Å². The average molecular weight is 330 g/mol. The van der Waals surface area contributed by atoms with Gasteiger partial charge < -0.3 is 5.11 Å². The van der Waals surface area contributed by atoms with Crippen LogP contribution >= 0.6 is 0 Å². The molecule has 25 heavy (non-hydrogen) atoms. The predicted molar refractivity (Wildman–Crippen MR) is 105 cm³/mol. The summed E-state index contributed by atoms with van der Waals surface area (Å²) in [6.45, 7) is 2.15. The van der Waals surface area contributed by atoms with Gasteiger partial charge >= 0.3 is 0 Å². The van der Waals surface area contributed by atoms with Gasteiger partial charge in [-0.15, -0.1) is 0 Å². The molecule has 3 aromatic rings. The van der Waals surface area contributed by atoms with Crippen molar-refractivity contribution in [1.29, 1.82) is 0 Å². The fourth-order valence-electron chi connectivity index (χ4n) is 3.47. The fraction of sp³-hybridized carbons (Fsp3) is 0.250. The summed E-state index contributed by atoms with van der Waals surface area (Å²) >= 11 is 0. The Kier molecular flexibility index (Phi) is 6.03. The van der Waals surface area contributed by atoms with Crippen LogP contribution in [0.15, 0.2) is 84.9 Å². The number of benzene rings is 3. The van der Waals surface area contributed by atoms with E-state index in [-0.39, 0.29) is 12.0 Å². The molecule has 0 aliphatic rings. The zero-order chi connectivity index (χ0) is 17.5. The Morgan fingerprint density at radius 3 is 2.04 bits per heavy atom. The molecule has 0 aliphatic heterocycles. The molecule has 0 amide bonds. The van der Waals surface area contributed by atoms with Crippen molar-refractivity contribution >= 4 is 0 Å². The Morgan fingerprint density at radius 2 is 1.36 bits per heavy atom. The van der Waals surface area contributed by atoms with Crippen LogP contribution in [-0.4, -0.2) is 11.2 Å². The Labute approximate surface area is 151 Å². The van der Waals surface area contributed by atoms with Gasteiger partial charge in [0.15, 0.2) is 0 Å². The molecule has 0 aliphatic carbocycles. The van der Waals surface area contributed by atoms with Crippen molar-refractivity contribution in [2.75, 3.05) is 0 Å². The van der Waals surface area contributed by atoms with Crippen molar-refractivity contribution in [2.45, 2.75) is 38.2 Å². The lowest BCUT2D eigenvalue weighted by molar-refractivity contribution is 0.150. The smallest absolute Gasteiger partial charge is 0.0552 e. The lowest BCUT2D eigenvalue weighted by Gasteiger charge is -2.23. The molecule has 0 aromatic heterocycles. The van der Waals surface area contributed by atoms with E-state index in [0.29, 0.717) is 0 Å². The highest BCUT2D eigenvalue weighted by Gasteiger charge is 2.19. The molecular formula is C24H26O. The van der Waals surface area contributed by atoms with Crippen LogP contribution in [0.2, 0.25) is 0 Å². The Morgan fingerprint density at radius 1 is 0.760 bits per heavy atom. The third-order valence-corrected chi connectivity index (χ3v) is 4.88. The van der Waals surface area contributed by atoms with Gasteiger partial charge in [-0.2, -0.15) is 0 Å². The number of aliphatic hydroxyl groups excluding tert-OH is 1. The highest BCUT2D eigenvalue weighted by molar-refractivity contribution is 5.37. The maximum atomic E-state index is 10.7. The predicted octanol–water partition coefficient (Wildman–Crippen LogP) is 5.51. The zero-order valence-corrected chi connectivity index (χ0v) is 14.8. The van der Waals surface area contributed by atoms with Gasteiger partial charge in [-0.25, -0.2) is 0 Å². The van der Waals surface area contributed by atoms with Gasteiger partial charge in [0, 0.05) is 5.92 Å². The monoisotopic (exact) mass is 330 g/mol. The van der Waals surface area contributed by atoms with E-state index >= 15 is 0 Å². The molecule has 128 valence electrons. The van der Waals surface area contributed by atoms with Crippen LogP contribution in [-0.2, 0) is 6.42 Å². The lowest BCUT2D eigenvalue weighted by atomic mass is 9.83. The first-order valence-electron chi connectivity index (χ1n) is 9.06. The zero-order valence-electron chi connectivity index (χ0n) is 14.8. The number of rotatable bonds is 7. The third kappa shape index (κ3) is 4.80. The van der Waals surface area contributed by atoms with Crippen LogP contribution in [0.1, 0.15) is 41.0 Å². The summed E-state index contributed by atoms with van der Waals surface area (Å²) in [4.78, 5) is 0. The molecule has 0 spiro atoms. The van der Waals surface area contributed by atoms with E-state index in [0.717, 1.165) is 19.3 Å². The second kappa shape index (κ2) is 8.64. The fourth-order valence-corrected chi connectivity index (χ4v) is 3.47. The van der Waals surface area contributed by atoms with Crippen LogP contribution in [0.25, 0.3) is 0 Å². The standard InChI is InChI=1S/C24H26O/c1-19-10-8-9-15-23(19)24(21-13-6-3-7-14-21)18-22(25)17-16-20-11-4-2-5-12-20/h2-15,22,24-25H,16-18H2,1H3/t22-,24+/m0/s1. The van der Waals surface area contributed by atoms with Crippen molar-refractivity contribution in [3.8, 4) is 0 Å². The molecule has 3 aromatic carbocycles. The molecule has 3 rings (SSSR count). The number of hydrogen-bond donors (Lipinski definition) is 1. The van der Waals surface area contributed by atoms with Crippen LogP contribution in [0.4, 0.5) is 0 Å². The van der Waals surface area contributed by atoms with Crippen molar-refractivity contribution < 1.29 is 5.11 Å². The Balaban J connectivity index is 1.75.